The van der Waals surface area contributed by atoms with Crippen LogP contribution in [0.25, 0.3) is 0 Å². The first kappa shape index (κ1) is 16.5. The van der Waals surface area contributed by atoms with E-state index in [2.05, 4.69) is 27.4 Å². The van der Waals surface area contributed by atoms with E-state index in [1.807, 2.05) is 51.5 Å². The first-order valence-electron chi connectivity index (χ1n) is 8.95. The minimum absolute atomic E-state index is 0.133. The van der Waals surface area contributed by atoms with Crippen molar-refractivity contribution in [1.29, 1.82) is 0 Å². The highest BCUT2D eigenvalue weighted by molar-refractivity contribution is 5.81. The van der Waals surface area contributed by atoms with Gasteiger partial charge in [-0.2, -0.15) is 5.10 Å². The van der Waals surface area contributed by atoms with Crippen molar-refractivity contribution in [3.8, 4) is 0 Å². The van der Waals surface area contributed by atoms with Gasteiger partial charge in [-0.25, -0.2) is 0 Å². The molecular weight excluding hydrogens is 328 g/mol. The molecule has 7 nitrogen and oxygen atoms in total. The van der Waals surface area contributed by atoms with Crippen LogP contribution in [0.1, 0.15) is 30.2 Å². The second-order valence-corrected chi connectivity index (χ2v) is 6.59. The van der Waals surface area contributed by atoms with Crippen molar-refractivity contribution in [3.63, 3.8) is 0 Å². The summed E-state index contributed by atoms with van der Waals surface area (Å²) in [6, 6.07) is 11.9. The number of fused-ring (bicyclic) bond motifs is 1. The second kappa shape index (κ2) is 7.11. The Morgan fingerprint density at radius 3 is 2.69 bits per heavy atom. The quantitative estimate of drug-likeness (QED) is 0.680. The molecule has 0 saturated carbocycles. The Labute approximate surface area is 152 Å². The minimum Gasteiger partial charge on any atom is -0.333 e. The van der Waals surface area contributed by atoms with E-state index in [0.29, 0.717) is 19.5 Å². The van der Waals surface area contributed by atoms with E-state index >= 15 is 0 Å². The highest BCUT2D eigenvalue weighted by atomic mass is 16.2. The number of carbonyl (C=O) groups excluding carboxylic acids is 1. The molecule has 0 fully saturated rings. The molecule has 1 amide bonds. The Hall–Kier alpha value is -2.96. The number of aryl methyl sites for hydroxylation is 2. The summed E-state index contributed by atoms with van der Waals surface area (Å²) in [4.78, 5) is 14.7. The van der Waals surface area contributed by atoms with Gasteiger partial charge in [0.2, 0.25) is 5.91 Å². The normalized spacial score (nSPS) is 16.7. The van der Waals surface area contributed by atoms with Crippen LogP contribution < -0.4 is 0 Å². The molecule has 0 bridgehead atoms. The fourth-order valence-electron chi connectivity index (χ4n) is 3.45. The lowest BCUT2D eigenvalue weighted by atomic mass is 10.1. The number of rotatable bonds is 6. The van der Waals surface area contributed by atoms with E-state index in [9.17, 15) is 4.79 Å². The molecule has 3 heterocycles. The third-order valence-corrected chi connectivity index (χ3v) is 4.86. The molecule has 4 rings (SSSR count). The lowest BCUT2D eigenvalue weighted by Gasteiger charge is -2.32. The zero-order valence-electron chi connectivity index (χ0n) is 14.8. The summed E-state index contributed by atoms with van der Waals surface area (Å²) in [6.45, 7) is 3.87. The largest absolute Gasteiger partial charge is 0.333 e. The van der Waals surface area contributed by atoms with Crippen LogP contribution in [0.15, 0.2) is 48.8 Å². The van der Waals surface area contributed by atoms with Crippen LogP contribution in [0.4, 0.5) is 0 Å². The summed E-state index contributed by atoms with van der Waals surface area (Å²) in [5, 5.41) is 12.9. The fourth-order valence-corrected chi connectivity index (χ4v) is 3.45. The van der Waals surface area contributed by atoms with Gasteiger partial charge in [-0.15, -0.1) is 10.2 Å². The molecule has 0 aliphatic carbocycles. The van der Waals surface area contributed by atoms with Crippen molar-refractivity contribution in [1.82, 2.24) is 29.4 Å². The zero-order valence-corrected chi connectivity index (χ0v) is 14.8. The average Bonchev–Trinajstić information content (AvgIpc) is 3.32. The van der Waals surface area contributed by atoms with Gasteiger partial charge in [0.05, 0.1) is 6.54 Å². The summed E-state index contributed by atoms with van der Waals surface area (Å²) in [5.41, 5.74) is 1.24. The minimum atomic E-state index is -0.267. The van der Waals surface area contributed by atoms with Crippen molar-refractivity contribution in [2.75, 3.05) is 6.54 Å². The van der Waals surface area contributed by atoms with Gasteiger partial charge in [0, 0.05) is 31.9 Å². The molecule has 0 spiro atoms. The Morgan fingerprint density at radius 1 is 1.08 bits per heavy atom. The third kappa shape index (κ3) is 3.24. The number of carbonyl (C=O) groups is 1. The molecule has 2 aromatic heterocycles. The number of aromatic nitrogens is 5. The lowest BCUT2D eigenvalue weighted by molar-refractivity contribution is -0.137. The molecule has 1 aromatic carbocycles. The molecule has 134 valence electrons. The molecule has 1 aliphatic rings. The predicted octanol–water partition coefficient (Wildman–Crippen LogP) is 1.86. The van der Waals surface area contributed by atoms with Gasteiger partial charge in [0.25, 0.3) is 0 Å². The smallest absolute Gasteiger partial charge is 0.245 e. The molecular formula is C19H22N6O. The highest BCUT2D eigenvalue weighted by Crippen LogP contribution is 2.23. The summed E-state index contributed by atoms with van der Waals surface area (Å²) in [5.74, 6) is 1.84. The average molecular weight is 350 g/mol. The Kier molecular flexibility index (Phi) is 4.51. The Balaban J connectivity index is 1.45. The Bertz CT molecular complexity index is 871. The van der Waals surface area contributed by atoms with Crippen LogP contribution >= 0.6 is 0 Å². The van der Waals surface area contributed by atoms with E-state index in [1.165, 1.54) is 5.56 Å². The molecule has 0 unspecified atom stereocenters. The van der Waals surface area contributed by atoms with Crippen LogP contribution in [0.2, 0.25) is 0 Å². The number of benzene rings is 1. The van der Waals surface area contributed by atoms with Gasteiger partial charge in [0.15, 0.2) is 5.82 Å². The molecule has 1 atom stereocenters. The van der Waals surface area contributed by atoms with Crippen molar-refractivity contribution >= 4 is 5.91 Å². The molecule has 7 heteroatoms. The van der Waals surface area contributed by atoms with E-state index in [4.69, 9.17) is 0 Å². The van der Waals surface area contributed by atoms with Crippen LogP contribution in [0.5, 0.6) is 0 Å². The van der Waals surface area contributed by atoms with Gasteiger partial charge in [-0.3, -0.25) is 9.48 Å². The molecule has 26 heavy (non-hydrogen) atoms. The van der Waals surface area contributed by atoms with Crippen molar-refractivity contribution < 1.29 is 4.79 Å². The number of nitrogens with zero attached hydrogens (tertiary/aromatic N) is 6. The predicted molar refractivity (Wildman–Crippen MR) is 96.2 cm³/mol. The van der Waals surface area contributed by atoms with Crippen molar-refractivity contribution in [2.24, 2.45) is 0 Å². The zero-order chi connectivity index (χ0) is 17.9. The topological polar surface area (TPSA) is 68.8 Å². The SMILES string of the molecule is C[C@@H]1C(=O)N(CCc2ccccc2)Cc2nnc(CCn3cccn3)n21. The standard InChI is InChI=1S/C19H22N6O/c1-15-19(26)23(12-8-16-6-3-2-4-7-16)14-18-22-21-17(25(15)18)9-13-24-11-5-10-20-24/h2-7,10-11,15H,8-9,12-14H2,1H3/t15-/m1/s1. The van der Waals surface area contributed by atoms with E-state index < -0.39 is 0 Å². The maximum absolute atomic E-state index is 12.8. The monoisotopic (exact) mass is 350 g/mol. The second-order valence-electron chi connectivity index (χ2n) is 6.59. The van der Waals surface area contributed by atoms with Crippen LogP contribution in [0, 0.1) is 0 Å². The number of hydrogen-bond donors (Lipinski definition) is 0. The van der Waals surface area contributed by atoms with Crippen LogP contribution in [0.3, 0.4) is 0 Å². The van der Waals surface area contributed by atoms with E-state index in [1.54, 1.807) is 6.20 Å². The van der Waals surface area contributed by atoms with Crippen LogP contribution in [-0.4, -0.2) is 41.9 Å². The lowest BCUT2D eigenvalue weighted by Crippen LogP contribution is -2.43. The van der Waals surface area contributed by atoms with E-state index in [-0.39, 0.29) is 11.9 Å². The van der Waals surface area contributed by atoms with Gasteiger partial charge in [0.1, 0.15) is 11.9 Å². The summed E-state index contributed by atoms with van der Waals surface area (Å²) in [7, 11) is 0. The first-order chi connectivity index (χ1) is 12.7. The first-order valence-corrected chi connectivity index (χ1v) is 8.95. The van der Waals surface area contributed by atoms with Crippen LogP contribution in [-0.2, 0) is 30.7 Å². The van der Waals surface area contributed by atoms with Crippen molar-refractivity contribution in [2.45, 2.75) is 38.9 Å². The van der Waals surface area contributed by atoms with Gasteiger partial charge in [-0.05, 0) is 25.0 Å². The summed E-state index contributed by atoms with van der Waals surface area (Å²) in [6.07, 6.45) is 5.24. The molecule has 0 N–H and O–H groups in total. The summed E-state index contributed by atoms with van der Waals surface area (Å²) >= 11 is 0. The maximum Gasteiger partial charge on any atom is 0.245 e. The fraction of sp³-hybridized carbons (Fsp3) is 0.368. The molecule has 0 saturated heterocycles. The molecule has 0 radical (unpaired) electrons. The molecule has 3 aromatic rings. The molecule has 1 aliphatic heterocycles. The third-order valence-electron chi connectivity index (χ3n) is 4.86. The number of hydrogen-bond acceptors (Lipinski definition) is 4. The van der Waals surface area contributed by atoms with Gasteiger partial charge >= 0.3 is 0 Å². The van der Waals surface area contributed by atoms with Gasteiger partial charge < -0.3 is 9.47 Å². The van der Waals surface area contributed by atoms with E-state index in [0.717, 1.165) is 24.6 Å². The van der Waals surface area contributed by atoms with Gasteiger partial charge in [-0.1, -0.05) is 30.3 Å². The van der Waals surface area contributed by atoms with Crippen molar-refractivity contribution in [3.05, 3.63) is 66.0 Å². The summed E-state index contributed by atoms with van der Waals surface area (Å²) < 4.78 is 3.86. The maximum atomic E-state index is 12.8. The number of amides is 1. The Morgan fingerprint density at radius 2 is 1.92 bits per heavy atom. The highest BCUT2D eigenvalue weighted by Gasteiger charge is 2.32.